The topological polar surface area (TPSA) is 29.5 Å². The molecule has 0 aromatic heterocycles. The molecule has 0 radical (unpaired) electrons. The minimum Gasteiger partial charge on any atom is -0.508 e. The molecule has 20 heavy (non-hydrogen) atoms. The van der Waals surface area contributed by atoms with Crippen molar-refractivity contribution < 1.29 is 9.84 Å². The van der Waals surface area contributed by atoms with Crippen LogP contribution in [0.4, 0.5) is 0 Å². The summed E-state index contributed by atoms with van der Waals surface area (Å²) in [5.74, 6) is 2.20. The van der Waals surface area contributed by atoms with Gasteiger partial charge in [-0.25, -0.2) is 0 Å². The van der Waals surface area contributed by atoms with E-state index in [0.717, 1.165) is 43.4 Å². The van der Waals surface area contributed by atoms with Gasteiger partial charge in [0.05, 0.1) is 6.10 Å². The Morgan fingerprint density at radius 2 is 2.20 bits per heavy atom. The molecule has 2 nitrogen and oxygen atoms in total. The van der Waals surface area contributed by atoms with Gasteiger partial charge in [0.1, 0.15) is 11.5 Å². The van der Waals surface area contributed by atoms with Crippen molar-refractivity contribution in [3.63, 3.8) is 0 Å². The number of rotatable bonds is 3. The van der Waals surface area contributed by atoms with Gasteiger partial charge in [0.25, 0.3) is 0 Å². The van der Waals surface area contributed by atoms with Gasteiger partial charge >= 0.3 is 0 Å². The second-order valence-corrected chi connectivity index (χ2v) is 6.39. The highest BCUT2D eigenvalue weighted by Gasteiger charge is 2.40. The summed E-state index contributed by atoms with van der Waals surface area (Å²) in [5, 5.41) is 10.5. The lowest BCUT2D eigenvalue weighted by Gasteiger charge is -2.42. The first-order valence-corrected chi connectivity index (χ1v) is 7.78. The Labute approximate surface area is 121 Å². The van der Waals surface area contributed by atoms with Crippen LogP contribution in [0.1, 0.15) is 56.6 Å². The Kier molecular flexibility index (Phi) is 3.49. The molecule has 1 saturated carbocycles. The number of aryl methyl sites for hydroxylation is 1. The van der Waals surface area contributed by atoms with E-state index in [-0.39, 0.29) is 0 Å². The van der Waals surface area contributed by atoms with Crippen molar-refractivity contribution in [2.75, 3.05) is 0 Å². The molecule has 108 valence electrons. The molecule has 0 saturated heterocycles. The van der Waals surface area contributed by atoms with Gasteiger partial charge in [-0.2, -0.15) is 0 Å². The van der Waals surface area contributed by atoms with E-state index in [9.17, 15) is 5.11 Å². The van der Waals surface area contributed by atoms with Crippen LogP contribution in [0.3, 0.4) is 0 Å². The number of benzene rings is 1. The van der Waals surface area contributed by atoms with Crippen LogP contribution in [0.5, 0.6) is 11.5 Å². The van der Waals surface area contributed by atoms with Gasteiger partial charge in [0.15, 0.2) is 0 Å². The lowest BCUT2D eigenvalue weighted by molar-refractivity contribution is 0.0972. The van der Waals surface area contributed by atoms with Crippen LogP contribution in [0, 0.1) is 5.92 Å². The van der Waals surface area contributed by atoms with Crippen molar-refractivity contribution in [3.05, 3.63) is 35.4 Å². The predicted octanol–water partition coefficient (Wildman–Crippen LogP) is 4.57. The second-order valence-electron chi connectivity index (χ2n) is 6.39. The summed E-state index contributed by atoms with van der Waals surface area (Å²) in [6.45, 7) is 8.42. The van der Waals surface area contributed by atoms with Gasteiger partial charge in [-0.15, -0.1) is 0 Å². The van der Waals surface area contributed by atoms with E-state index in [1.807, 2.05) is 6.07 Å². The molecule has 3 rings (SSSR count). The lowest BCUT2D eigenvalue weighted by Crippen LogP contribution is -2.35. The first-order chi connectivity index (χ1) is 9.60. The van der Waals surface area contributed by atoms with E-state index in [1.54, 1.807) is 0 Å². The molecule has 1 aromatic carbocycles. The first kappa shape index (κ1) is 13.5. The van der Waals surface area contributed by atoms with Crippen LogP contribution in [0.15, 0.2) is 24.3 Å². The van der Waals surface area contributed by atoms with Gasteiger partial charge < -0.3 is 9.84 Å². The van der Waals surface area contributed by atoms with Crippen molar-refractivity contribution in [1.82, 2.24) is 0 Å². The van der Waals surface area contributed by atoms with Crippen molar-refractivity contribution in [3.8, 4) is 11.5 Å². The average molecular weight is 272 g/mol. The van der Waals surface area contributed by atoms with E-state index in [1.165, 1.54) is 11.1 Å². The SMILES string of the molecule is C=C(C)[C@@H]1CCC2CC1c1c(O)cc(CCC)cc1O2. The minimum atomic E-state index is 0.319. The van der Waals surface area contributed by atoms with Gasteiger partial charge in [-0.1, -0.05) is 25.5 Å². The molecule has 1 aliphatic carbocycles. The molecule has 2 aliphatic rings. The number of phenolic OH excluding ortho intramolecular Hbond substituents is 1. The zero-order valence-corrected chi connectivity index (χ0v) is 12.5. The van der Waals surface area contributed by atoms with Crippen molar-refractivity contribution in [1.29, 1.82) is 0 Å². The van der Waals surface area contributed by atoms with Crippen LogP contribution in [0.25, 0.3) is 0 Å². The third-order valence-corrected chi connectivity index (χ3v) is 4.82. The maximum absolute atomic E-state index is 10.5. The zero-order chi connectivity index (χ0) is 14.3. The molecular weight excluding hydrogens is 248 g/mol. The number of hydrogen-bond donors (Lipinski definition) is 1. The Bertz CT molecular complexity index is 532. The molecule has 1 heterocycles. The molecule has 1 fully saturated rings. The molecule has 0 amide bonds. The maximum Gasteiger partial charge on any atom is 0.127 e. The highest BCUT2D eigenvalue weighted by molar-refractivity contribution is 5.52. The average Bonchev–Trinajstić information content (AvgIpc) is 2.38. The fourth-order valence-corrected chi connectivity index (χ4v) is 3.90. The zero-order valence-electron chi connectivity index (χ0n) is 12.5. The van der Waals surface area contributed by atoms with Crippen molar-refractivity contribution in [2.24, 2.45) is 5.92 Å². The third-order valence-electron chi connectivity index (χ3n) is 4.82. The summed E-state index contributed by atoms with van der Waals surface area (Å²) in [7, 11) is 0. The Balaban J connectivity index is 2.04. The van der Waals surface area contributed by atoms with Gasteiger partial charge in [-0.05, 0) is 56.2 Å². The molecule has 2 unspecified atom stereocenters. The Hall–Kier alpha value is -1.44. The second kappa shape index (κ2) is 5.16. The molecule has 2 bridgehead atoms. The molecule has 3 atom stereocenters. The minimum absolute atomic E-state index is 0.319. The molecule has 1 N–H and O–H groups in total. The fourth-order valence-electron chi connectivity index (χ4n) is 3.90. The highest BCUT2D eigenvalue weighted by Crippen LogP contribution is 2.52. The summed E-state index contributed by atoms with van der Waals surface area (Å²) < 4.78 is 6.11. The van der Waals surface area contributed by atoms with Gasteiger partial charge in [0.2, 0.25) is 0 Å². The monoisotopic (exact) mass is 272 g/mol. The molecule has 1 aliphatic heterocycles. The van der Waals surface area contributed by atoms with E-state index in [4.69, 9.17) is 4.74 Å². The van der Waals surface area contributed by atoms with E-state index in [2.05, 4.69) is 26.5 Å². The Morgan fingerprint density at radius 3 is 2.90 bits per heavy atom. The van der Waals surface area contributed by atoms with E-state index >= 15 is 0 Å². The first-order valence-electron chi connectivity index (χ1n) is 7.78. The van der Waals surface area contributed by atoms with Crippen LogP contribution in [-0.2, 0) is 6.42 Å². The van der Waals surface area contributed by atoms with E-state index < -0.39 is 0 Å². The summed E-state index contributed by atoms with van der Waals surface area (Å²) in [6.07, 6.45) is 5.64. The number of fused-ring (bicyclic) bond motifs is 4. The van der Waals surface area contributed by atoms with Gasteiger partial charge in [0, 0.05) is 11.5 Å². The van der Waals surface area contributed by atoms with Gasteiger partial charge in [-0.3, -0.25) is 0 Å². The lowest BCUT2D eigenvalue weighted by atomic mass is 9.69. The van der Waals surface area contributed by atoms with Crippen LogP contribution >= 0.6 is 0 Å². The Morgan fingerprint density at radius 1 is 1.40 bits per heavy atom. The predicted molar refractivity (Wildman–Crippen MR) is 81.4 cm³/mol. The van der Waals surface area contributed by atoms with Crippen LogP contribution < -0.4 is 4.74 Å². The standard InChI is InChI=1S/C18H24O2/c1-4-5-12-8-16(19)18-15-10-13(20-17(18)9-12)6-7-14(15)11(2)3/h8-9,13-15,19H,2,4-7,10H2,1,3H3/t13?,14-,15?/m0/s1. The molecule has 2 heteroatoms. The number of phenols is 1. The molecular formula is C18H24O2. The number of ether oxygens (including phenoxy) is 1. The smallest absolute Gasteiger partial charge is 0.127 e. The van der Waals surface area contributed by atoms with Crippen LogP contribution in [0.2, 0.25) is 0 Å². The fraction of sp³-hybridized carbons (Fsp3) is 0.556. The highest BCUT2D eigenvalue weighted by atomic mass is 16.5. The normalized spacial score (nSPS) is 27.6. The van der Waals surface area contributed by atoms with Crippen molar-refractivity contribution in [2.45, 2.75) is 58.0 Å². The summed E-state index contributed by atoms with van der Waals surface area (Å²) in [6, 6.07) is 4.06. The summed E-state index contributed by atoms with van der Waals surface area (Å²) in [4.78, 5) is 0. The van der Waals surface area contributed by atoms with E-state index in [0.29, 0.717) is 23.7 Å². The number of allylic oxidation sites excluding steroid dienone is 1. The third kappa shape index (κ3) is 2.21. The summed E-state index contributed by atoms with van der Waals surface area (Å²) >= 11 is 0. The largest absolute Gasteiger partial charge is 0.508 e. The molecule has 0 spiro atoms. The van der Waals surface area contributed by atoms with Crippen LogP contribution in [-0.4, -0.2) is 11.2 Å². The quantitative estimate of drug-likeness (QED) is 0.817. The summed E-state index contributed by atoms with van der Waals surface area (Å²) in [5.41, 5.74) is 3.43. The number of aromatic hydroxyl groups is 1. The maximum atomic E-state index is 10.5. The molecule has 1 aromatic rings. The van der Waals surface area contributed by atoms with Crippen molar-refractivity contribution >= 4 is 0 Å². The number of hydrogen-bond acceptors (Lipinski definition) is 2.